The maximum atomic E-state index is 14.0. The zero-order chi connectivity index (χ0) is 26.6. The molecular formula is C31H27FN2O4. The van der Waals surface area contributed by atoms with E-state index in [0.717, 1.165) is 27.8 Å². The van der Waals surface area contributed by atoms with Crippen LogP contribution in [0.5, 0.6) is 0 Å². The Morgan fingerprint density at radius 1 is 0.842 bits per heavy atom. The molecule has 38 heavy (non-hydrogen) atoms. The molecule has 1 aliphatic heterocycles. The Hall–Kier alpha value is -4.33. The van der Waals surface area contributed by atoms with Gasteiger partial charge in [-0.25, -0.2) is 4.39 Å². The number of aliphatic hydroxyl groups excluding tert-OH is 2. The van der Waals surface area contributed by atoms with Crippen LogP contribution < -0.4 is 5.32 Å². The van der Waals surface area contributed by atoms with Gasteiger partial charge >= 0.3 is 0 Å². The summed E-state index contributed by atoms with van der Waals surface area (Å²) < 4.78 is 14.0. The fourth-order valence-corrected chi connectivity index (χ4v) is 4.82. The lowest BCUT2D eigenvalue weighted by atomic mass is 9.97. The van der Waals surface area contributed by atoms with Crippen molar-refractivity contribution in [1.82, 2.24) is 10.2 Å². The van der Waals surface area contributed by atoms with Crippen molar-refractivity contribution in [3.8, 4) is 11.1 Å². The molecule has 0 radical (unpaired) electrons. The van der Waals surface area contributed by atoms with Crippen molar-refractivity contribution in [3.05, 3.63) is 131 Å². The molecule has 0 fully saturated rings. The summed E-state index contributed by atoms with van der Waals surface area (Å²) in [6, 6.07) is 30.1. The molecule has 7 heteroatoms. The molecule has 6 nitrogen and oxygen atoms in total. The van der Waals surface area contributed by atoms with Crippen LogP contribution in [0.1, 0.15) is 28.3 Å². The second-order valence-electron chi connectivity index (χ2n) is 9.29. The molecule has 3 N–H and O–H groups in total. The Labute approximate surface area is 220 Å². The maximum absolute atomic E-state index is 14.0. The molecule has 4 aromatic carbocycles. The Bertz CT molecular complexity index is 1440. The number of rotatable bonds is 7. The van der Waals surface area contributed by atoms with Gasteiger partial charge in [-0.1, -0.05) is 91.0 Å². The van der Waals surface area contributed by atoms with Gasteiger partial charge in [0, 0.05) is 13.1 Å². The lowest BCUT2D eigenvalue weighted by Crippen LogP contribution is -2.50. The van der Waals surface area contributed by atoms with Crippen molar-refractivity contribution in [2.75, 3.05) is 0 Å². The first-order valence-electron chi connectivity index (χ1n) is 12.3. The minimum Gasteiger partial charge on any atom is -0.380 e. The first-order chi connectivity index (χ1) is 18.4. The Kier molecular flexibility index (Phi) is 7.31. The number of amides is 2. The van der Waals surface area contributed by atoms with Crippen LogP contribution in [0.15, 0.2) is 103 Å². The van der Waals surface area contributed by atoms with E-state index in [0.29, 0.717) is 5.56 Å². The van der Waals surface area contributed by atoms with E-state index in [1.165, 1.54) is 17.0 Å². The summed E-state index contributed by atoms with van der Waals surface area (Å²) in [6.45, 7) is 0.280. The second-order valence-corrected chi connectivity index (χ2v) is 9.29. The zero-order valence-corrected chi connectivity index (χ0v) is 20.5. The number of hydrogen-bond donors (Lipinski definition) is 3. The highest BCUT2D eigenvalue weighted by molar-refractivity contribution is 5.91. The van der Waals surface area contributed by atoms with E-state index >= 15 is 0 Å². The third kappa shape index (κ3) is 5.20. The first-order valence-corrected chi connectivity index (χ1v) is 12.3. The van der Waals surface area contributed by atoms with Crippen molar-refractivity contribution >= 4 is 11.8 Å². The molecule has 0 aromatic heterocycles. The largest absolute Gasteiger partial charge is 0.380 e. The summed E-state index contributed by atoms with van der Waals surface area (Å²) in [5, 5.41) is 23.8. The van der Waals surface area contributed by atoms with E-state index in [9.17, 15) is 24.2 Å². The van der Waals surface area contributed by atoms with Crippen molar-refractivity contribution in [1.29, 1.82) is 0 Å². The second kappa shape index (κ2) is 11.0. The number of aliphatic hydroxyl groups is 2. The fourth-order valence-electron chi connectivity index (χ4n) is 4.82. The van der Waals surface area contributed by atoms with Gasteiger partial charge < -0.3 is 20.4 Å². The smallest absolute Gasteiger partial charge is 0.255 e. The molecule has 192 valence electrons. The van der Waals surface area contributed by atoms with Gasteiger partial charge in [-0.15, -0.1) is 0 Å². The highest BCUT2D eigenvalue weighted by Crippen LogP contribution is 2.39. The zero-order valence-electron chi connectivity index (χ0n) is 20.5. The van der Waals surface area contributed by atoms with Crippen LogP contribution in [-0.2, 0) is 22.7 Å². The van der Waals surface area contributed by atoms with Crippen molar-refractivity contribution in [3.63, 3.8) is 0 Å². The van der Waals surface area contributed by atoms with E-state index in [1.807, 2.05) is 78.9 Å². The van der Waals surface area contributed by atoms with Crippen LogP contribution in [0.3, 0.4) is 0 Å². The highest BCUT2D eigenvalue weighted by Gasteiger charge is 2.40. The lowest BCUT2D eigenvalue weighted by molar-refractivity contribution is -0.154. The molecule has 1 heterocycles. The maximum Gasteiger partial charge on any atom is 0.255 e. The number of carbonyl (C=O) groups excluding carboxylic acids is 2. The van der Waals surface area contributed by atoms with Crippen LogP contribution in [0, 0.1) is 5.82 Å². The van der Waals surface area contributed by atoms with Gasteiger partial charge in [-0.2, -0.15) is 0 Å². The molecule has 0 saturated carbocycles. The van der Waals surface area contributed by atoms with Crippen molar-refractivity contribution in [2.45, 2.75) is 31.3 Å². The van der Waals surface area contributed by atoms with Crippen LogP contribution >= 0.6 is 0 Å². The van der Waals surface area contributed by atoms with Crippen LogP contribution in [0.25, 0.3) is 11.1 Å². The number of halogens is 1. The lowest BCUT2D eigenvalue weighted by Gasteiger charge is -2.29. The monoisotopic (exact) mass is 510 g/mol. The topological polar surface area (TPSA) is 89.9 Å². The molecule has 0 unspecified atom stereocenters. The van der Waals surface area contributed by atoms with E-state index in [2.05, 4.69) is 5.32 Å². The van der Waals surface area contributed by atoms with Gasteiger partial charge in [-0.3, -0.25) is 9.59 Å². The molecule has 0 spiro atoms. The average Bonchev–Trinajstić information content (AvgIpc) is 3.35. The molecule has 5 rings (SSSR count). The Balaban J connectivity index is 1.25. The van der Waals surface area contributed by atoms with Crippen LogP contribution in [0.2, 0.25) is 0 Å². The predicted octanol–water partition coefficient (Wildman–Crippen LogP) is 3.96. The molecule has 4 aromatic rings. The Morgan fingerprint density at radius 2 is 1.53 bits per heavy atom. The van der Waals surface area contributed by atoms with Gasteiger partial charge in [0.25, 0.3) is 11.8 Å². The molecule has 1 aliphatic rings. The summed E-state index contributed by atoms with van der Waals surface area (Å²) in [5.74, 6) is -2.13. The van der Waals surface area contributed by atoms with Crippen LogP contribution in [0.4, 0.5) is 4.39 Å². The van der Waals surface area contributed by atoms with Gasteiger partial charge in [0.2, 0.25) is 0 Å². The molecule has 0 bridgehead atoms. The average molecular weight is 511 g/mol. The number of nitrogens with zero attached hydrogens (tertiary/aromatic N) is 1. The van der Waals surface area contributed by atoms with Crippen LogP contribution in [-0.4, -0.2) is 39.1 Å². The van der Waals surface area contributed by atoms with E-state index < -0.39 is 35.9 Å². The minimum absolute atomic E-state index is 0.118. The van der Waals surface area contributed by atoms with Gasteiger partial charge in [0.15, 0.2) is 12.2 Å². The van der Waals surface area contributed by atoms with E-state index in [4.69, 9.17) is 0 Å². The van der Waals surface area contributed by atoms with Gasteiger partial charge in [0.05, 0.1) is 6.04 Å². The van der Waals surface area contributed by atoms with Crippen molar-refractivity contribution < 1.29 is 24.2 Å². The van der Waals surface area contributed by atoms with Crippen molar-refractivity contribution in [2.24, 2.45) is 0 Å². The fraction of sp³-hybridized carbons (Fsp3) is 0.161. The molecule has 3 atom stereocenters. The molecular weight excluding hydrogens is 483 g/mol. The first kappa shape index (κ1) is 25.3. The third-order valence-corrected chi connectivity index (χ3v) is 6.80. The molecule has 0 saturated heterocycles. The SMILES string of the molecule is O=C(NCc1ccc(-c2ccccc2)cc1)[C@H](O)[C@@H](O)C(=O)N1Cc2ccccc2[C@H]1c1cccc(F)c1. The van der Waals surface area contributed by atoms with E-state index in [1.54, 1.807) is 12.1 Å². The summed E-state index contributed by atoms with van der Waals surface area (Å²) in [5.41, 5.74) is 5.08. The number of nitrogens with one attached hydrogen (secondary N) is 1. The molecule has 0 aliphatic carbocycles. The molecule has 2 amide bonds. The number of carbonyl (C=O) groups is 2. The summed E-state index contributed by atoms with van der Waals surface area (Å²) in [7, 11) is 0. The van der Waals surface area contributed by atoms with Gasteiger partial charge in [0.1, 0.15) is 5.82 Å². The normalized spacial score (nSPS) is 16.0. The standard InChI is InChI=1S/C31H27FN2O4/c32-25-11-6-10-23(17-25)27-26-12-5-4-9-24(26)19-34(27)31(38)29(36)28(35)30(37)33-18-20-13-15-22(16-14-20)21-7-2-1-3-8-21/h1-17,27-29,35-36H,18-19H2,(H,33,37)/t27-,28-,29-/m1/s1. The Morgan fingerprint density at radius 3 is 2.26 bits per heavy atom. The number of benzene rings is 4. The summed E-state index contributed by atoms with van der Waals surface area (Å²) in [6.07, 6.45) is -3.95. The van der Waals surface area contributed by atoms with Gasteiger partial charge in [-0.05, 0) is 45.5 Å². The number of fused-ring (bicyclic) bond motifs is 1. The summed E-state index contributed by atoms with van der Waals surface area (Å²) >= 11 is 0. The highest BCUT2D eigenvalue weighted by atomic mass is 19.1. The predicted molar refractivity (Wildman–Crippen MR) is 141 cm³/mol. The third-order valence-electron chi connectivity index (χ3n) is 6.80. The van der Waals surface area contributed by atoms with E-state index in [-0.39, 0.29) is 13.1 Å². The number of hydrogen-bond acceptors (Lipinski definition) is 4. The summed E-state index contributed by atoms with van der Waals surface area (Å²) in [4.78, 5) is 27.3. The minimum atomic E-state index is -1.99. The quantitative estimate of drug-likeness (QED) is 0.351.